The van der Waals surface area contributed by atoms with Crippen molar-refractivity contribution in [3.8, 4) is 0 Å². The van der Waals surface area contributed by atoms with Gasteiger partial charge in [-0.2, -0.15) is 0 Å². The summed E-state index contributed by atoms with van der Waals surface area (Å²) in [7, 11) is 0. The number of hydrogen-bond donors (Lipinski definition) is 1. The van der Waals surface area contributed by atoms with Crippen LogP contribution < -0.4 is 0 Å². The Kier molecular flexibility index (Phi) is 2.62. The molecule has 19 heavy (non-hydrogen) atoms. The first-order valence-electron chi connectivity index (χ1n) is 8.27. The molecule has 0 aromatic carbocycles. The smallest absolute Gasteiger partial charge is 0.111 e. The first-order chi connectivity index (χ1) is 9.17. The average Bonchev–Trinajstić information content (AvgIpc) is 2.79. The Bertz CT molecular complexity index is 447. The molecule has 0 spiro atoms. The first kappa shape index (κ1) is 12.1. The van der Waals surface area contributed by atoms with Gasteiger partial charge in [0.25, 0.3) is 0 Å². The molecule has 1 nitrogen and oxygen atoms in total. The molecule has 3 fully saturated rings. The van der Waals surface area contributed by atoms with Gasteiger partial charge >= 0.3 is 0 Å². The zero-order chi connectivity index (χ0) is 13.0. The highest BCUT2D eigenvalue weighted by atomic mass is 16.3. The van der Waals surface area contributed by atoms with Gasteiger partial charge in [0.1, 0.15) is 5.76 Å². The Labute approximate surface area is 116 Å². The molecule has 0 radical (unpaired) electrons. The van der Waals surface area contributed by atoms with Crippen LogP contribution in [0.25, 0.3) is 0 Å². The number of rotatable bonds is 0. The SMILES string of the molecule is CC12CCCC1C1CCC3=CC(O)=CC[C@H]3C1CC2. The van der Waals surface area contributed by atoms with Crippen LogP contribution in [0.2, 0.25) is 0 Å². The van der Waals surface area contributed by atoms with E-state index < -0.39 is 0 Å². The van der Waals surface area contributed by atoms with Gasteiger partial charge in [0, 0.05) is 0 Å². The number of allylic oxidation sites excluding steroid dienone is 3. The summed E-state index contributed by atoms with van der Waals surface area (Å²) in [5.74, 6) is 4.19. The second kappa shape index (κ2) is 4.14. The highest BCUT2D eigenvalue weighted by Gasteiger charge is 2.51. The van der Waals surface area contributed by atoms with Crippen LogP contribution >= 0.6 is 0 Å². The standard InChI is InChI=1S/C18H26O/c1-18-9-2-3-17(18)16-6-4-12-11-13(19)5-7-14(12)15(16)8-10-18/h5,11,14-17,19H,2-4,6-10H2,1H3/t14-,15?,16?,17?,18?/m1/s1. The molecule has 104 valence electrons. The summed E-state index contributed by atoms with van der Waals surface area (Å²) in [6, 6.07) is 0. The summed E-state index contributed by atoms with van der Waals surface area (Å²) in [4.78, 5) is 0. The van der Waals surface area contributed by atoms with E-state index in [0.717, 1.165) is 30.1 Å². The van der Waals surface area contributed by atoms with E-state index in [1.54, 1.807) is 5.57 Å². The molecule has 4 rings (SSSR count). The number of aliphatic hydroxyl groups is 1. The monoisotopic (exact) mass is 258 g/mol. The van der Waals surface area contributed by atoms with Gasteiger partial charge < -0.3 is 5.11 Å². The number of aliphatic hydroxyl groups excluding tert-OH is 1. The van der Waals surface area contributed by atoms with Crippen LogP contribution in [0.5, 0.6) is 0 Å². The second-order valence-corrected chi connectivity index (χ2v) is 7.75. The predicted molar refractivity (Wildman–Crippen MR) is 77.8 cm³/mol. The van der Waals surface area contributed by atoms with Crippen LogP contribution in [0.15, 0.2) is 23.5 Å². The van der Waals surface area contributed by atoms with Crippen LogP contribution in [0.4, 0.5) is 0 Å². The Balaban J connectivity index is 1.62. The average molecular weight is 258 g/mol. The van der Waals surface area contributed by atoms with Crippen molar-refractivity contribution in [3.63, 3.8) is 0 Å². The summed E-state index contributed by atoms with van der Waals surface area (Å²) >= 11 is 0. The fourth-order valence-electron chi connectivity index (χ4n) is 6.02. The third kappa shape index (κ3) is 1.73. The molecule has 0 bridgehead atoms. The van der Waals surface area contributed by atoms with E-state index in [9.17, 15) is 5.11 Å². The fourth-order valence-corrected chi connectivity index (χ4v) is 6.02. The topological polar surface area (TPSA) is 20.2 Å². The van der Waals surface area contributed by atoms with E-state index in [2.05, 4.69) is 19.1 Å². The predicted octanol–water partition coefficient (Wildman–Crippen LogP) is 5.00. The summed E-state index contributed by atoms with van der Waals surface area (Å²) in [6.07, 6.45) is 15.2. The van der Waals surface area contributed by atoms with E-state index in [1.807, 2.05) is 0 Å². The maximum Gasteiger partial charge on any atom is 0.111 e. The normalized spacial score (nSPS) is 48.7. The largest absolute Gasteiger partial charge is 0.508 e. The van der Waals surface area contributed by atoms with Crippen LogP contribution in [-0.4, -0.2) is 5.11 Å². The number of fused-ring (bicyclic) bond motifs is 5. The molecule has 3 saturated carbocycles. The molecule has 0 aromatic rings. The van der Waals surface area contributed by atoms with Crippen molar-refractivity contribution in [3.05, 3.63) is 23.5 Å². The molecule has 5 atom stereocenters. The molecule has 0 aliphatic heterocycles. The van der Waals surface area contributed by atoms with Crippen LogP contribution in [0, 0.1) is 29.1 Å². The molecule has 0 amide bonds. The van der Waals surface area contributed by atoms with Crippen molar-refractivity contribution < 1.29 is 5.11 Å². The maximum atomic E-state index is 9.72. The minimum absolute atomic E-state index is 0.520. The molecule has 0 saturated heterocycles. The third-order valence-electron chi connectivity index (χ3n) is 6.95. The molecule has 4 unspecified atom stereocenters. The van der Waals surface area contributed by atoms with E-state index in [1.165, 1.54) is 44.9 Å². The second-order valence-electron chi connectivity index (χ2n) is 7.75. The lowest BCUT2D eigenvalue weighted by atomic mass is 9.53. The van der Waals surface area contributed by atoms with E-state index in [4.69, 9.17) is 0 Å². The lowest BCUT2D eigenvalue weighted by molar-refractivity contribution is 0.00214. The Hall–Kier alpha value is -0.720. The van der Waals surface area contributed by atoms with Crippen molar-refractivity contribution in [2.75, 3.05) is 0 Å². The molecule has 0 aromatic heterocycles. The van der Waals surface area contributed by atoms with Gasteiger partial charge in [-0.1, -0.05) is 18.9 Å². The highest BCUT2D eigenvalue weighted by Crippen LogP contribution is 2.61. The van der Waals surface area contributed by atoms with E-state index in [-0.39, 0.29) is 0 Å². The highest BCUT2D eigenvalue weighted by molar-refractivity contribution is 5.28. The fraction of sp³-hybridized carbons (Fsp3) is 0.778. The van der Waals surface area contributed by atoms with Gasteiger partial charge in [0.2, 0.25) is 0 Å². The van der Waals surface area contributed by atoms with Crippen molar-refractivity contribution >= 4 is 0 Å². The van der Waals surface area contributed by atoms with Crippen molar-refractivity contribution in [1.29, 1.82) is 0 Å². The number of hydrogen-bond acceptors (Lipinski definition) is 1. The molecule has 1 N–H and O–H groups in total. The van der Waals surface area contributed by atoms with E-state index in [0.29, 0.717) is 11.2 Å². The van der Waals surface area contributed by atoms with Crippen molar-refractivity contribution in [2.45, 2.75) is 58.3 Å². The van der Waals surface area contributed by atoms with Gasteiger partial charge in [0.15, 0.2) is 0 Å². The Morgan fingerprint density at radius 1 is 1.16 bits per heavy atom. The molecule has 1 heteroatoms. The third-order valence-corrected chi connectivity index (χ3v) is 6.95. The molecular weight excluding hydrogens is 232 g/mol. The minimum Gasteiger partial charge on any atom is -0.508 e. The molecule has 4 aliphatic rings. The van der Waals surface area contributed by atoms with Crippen LogP contribution in [0.3, 0.4) is 0 Å². The van der Waals surface area contributed by atoms with Crippen LogP contribution in [-0.2, 0) is 0 Å². The van der Waals surface area contributed by atoms with Crippen molar-refractivity contribution in [2.24, 2.45) is 29.1 Å². The molecular formula is C18H26O. The van der Waals surface area contributed by atoms with Gasteiger partial charge in [-0.05, 0) is 86.2 Å². The lowest BCUT2D eigenvalue weighted by Crippen LogP contribution is -2.44. The summed E-state index contributed by atoms with van der Waals surface area (Å²) in [5, 5.41) is 9.72. The minimum atomic E-state index is 0.520. The lowest BCUT2D eigenvalue weighted by Gasteiger charge is -2.52. The van der Waals surface area contributed by atoms with Gasteiger partial charge in [0.05, 0.1) is 0 Å². The van der Waals surface area contributed by atoms with E-state index >= 15 is 0 Å². The van der Waals surface area contributed by atoms with Gasteiger partial charge in [-0.15, -0.1) is 0 Å². The molecule has 4 aliphatic carbocycles. The maximum absolute atomic E-state index is 9.72. The first-order valence-corrected chi connectivity index (χ1v) is 8.27. The van der Waals surface area contributed by atoms with Gasteiger partial charge in [-0.25, -0.2) is 0 Å². The zero-order valence-electron chi connectivity index (χ0n) is 12.1. The van der Waals surface area contributed by atoms with Crippen molar-refractivity contribution in [1.82, 2.24) is 0 Å². The zero-order valence-corrected chi connectivity index (χ0v) is 12.1. The molecule has 0 heterocycles. The summed E-state index contributed by atoms with van der Waals surface area (Å²) in [6.45, 7) is 2.57. The van der Waals surface area contributed by atoms with Crippen LogP contribution in [0.1, 0.15) is 58.3 Å². The summed E-state index contributed by atoms with van der Waals surface area (Å²) in [5.41, 5.74) is 2.23. The summed E-state index contributed by atoms with van der Waals surface area (Å²) < 4.78 is 0. The Morgan fingerprint density at radius 3 is 2.95 bits per heavy atom. The quantitative estimate of drug-likeness (QED) is 0.648. The van der Waals surface area contributed by atoms with Gasteiger partial charge in [-0.3, -0.25) is 0 Å². The Morgan fingerprint density at radius 2 is 2.05 bits per heavy atom.